The molecule has 27 heavy (non-hydrogen) atoms. The Hall–Kier alpha value is -2.30. The fourth-order valence-corrected chi connectivity index (χ4v) is 1.40. The summed E-state index contributed by atoms with van der Waals surface area (Å²) in [5, 5.41) is 17.1. The van der Waals surface area contributed by atoms with Crippen LogP contribution in [0.15, 0.2) is 60.7 Å². The van der Waals surface area contributed by atoms with Crippen LogP contribution in [0.25, 0.3) is 0 Å². The number of ketones is 2. The summed E-state index contributed by atoms with van der Waals surface area (Å²) in [6.07, 6.45) is -0.508. The highest BCUT2D eigenvalue weighted by molar-refractivity contribution is 5.93. The van der Waals surface area contributed by atoms with E-state index in [1.807, 2.05) is 60.7 Å². The normalized spacial score (nSPS) is 9.67. The number of aliphatic hydroxyl groups excluding tert-OH is 2. The van der Waals surface area contributed by atoms with Crippen molar-refractivity contribution in [1.29, 1.82) is 0 Å². The molecule has 0 saturated heterocycles. The predicted octanol–water partition coefficient (Wildman–Crippen LogP) is 5.25. The zero-order valence-electron chi connectivity index (χ0n) is 16.6. The molecule has 0 heterocycles. The maximum Gasteiger partial charge on any atom is 0.159 e. The molecule has 1 unspecified atom stereocenters. The van der Waals surface area contributed by atoms with Crippen molar-refractivity contribution in [2.24, 2.45) is 0 Å². The van der Waals surface area contributed by atoms with E-state index in [0.717, 1.165) is 11.1 Å². The fourth-order valence-electron chi connectivity index (χ4n) is 1.40. The third-order valence-electron chi connectivity index (χ3n) is 2.46. The van der Waals surface area contributed by atoms with Crippen molar-refractivity contribution in [3.05, 3.63) is 71.8 Å². The van der Waals surface area contributed by atoms with Gasteiger partial charge in [0.2, 0.25) is 0 Å². The minimum absolute atomic E-state index is 0. The van der Waals surface area contributed by atoms with Gasteiger partial charge >= 0.3 is 0 Å². The van der Waals surface area contributed by atoms with Gasteiger partial charge in [0, 0.05) is 11.7 Å². The van der Waals surface area contributed by atoms with Gasteiger partial charge in [-0.2, -0.15) is 0 Å². The highest BCUT2D eigenvalue weighted by Crippen LogP contribution is 2.09. The highest BCUT2D eigenvalue weighted by Gasteiger charge is 1.95. The van der Waals surface area contributed by atoms with Crippen LogP contribution >= 0.6 is 0 Å². The molecule has 0 aromatic heterocycles. The molecule has 2 aromatic carbocycles. The number of carbonyl (C=O) groups excluding carboxylic acids is 2. The van der Waals surface area contributed by atoms with Gasteiger partial charge in [-0.25, -0.2) is 0 Å². The van der Waals surface area contributed by atoms with Crippen LogP contribution < -0.4 is 0 Å². The molecule has 0 saturated carbocycles. The van der Waals surface area contributed by atoms with Crippen LogP contribution in [0.5, 0.6) is 0 Å². The second-order valence-corrected chi connectivity index (χ2v) is 6.01. The van der Waals surface area contributed by atoms with E-state index in [0.29, 0.717) is 0 Å². The molecule has 0 aliphatic rings. The maximum atomic E-state index is 10.6. The number of aliphatic hydroxyl groups is 2. The van der Waals surface area contributed by atoms with Crippen LogP contribution in [0.3, 0.4) is 0 Å². The first-order valence-electron chi connectivity index (χ1n) is 8.52. The molecule has 0 spiro atoms. The van der Waals surface area contributed by atoms with Crippen molar-refractivity contribution in [1.82, 2.24) is 0 Å². The van der Waals surface area contributed by atoms with Crippen molar-refractivity contribution in [2.75, 3.05) is 0 Å². The number of hydrogen-bond acceptors (Lipinski definition) is 4. The van der Waals surface area contributed by atoms with Crippen LogP contribution in [0.2, 0.25) is 0 Å². The maximum absolute atomic E-state index is 10.6. The van der Waals surface area contributed by atoms with E-state index in [9.17, 15) is 9.59 Å². The molecule has 2 N–H and O–H groups in total. The van der Waals surface area contributed by atoms with Gasteiger partial charge in [-0.1, -0.05) is 68.1 Å². The number of hydrogen-bond donors (Lipinski definition) is 2. The summed E-state index contributed by atoms with van der Waals surface area (Å²) in [6, 6.07) is 18.8. The van der Waals surface area contributed by atoms with E-state index < -0.39 is 0 Å². The molecule has 4 nitrogen and oxygen atoms in total. The predicted molar refractivity (Wildman–Crippen MR) is 114 cm³/mol. The van der Waals surface area contributed by atoms with E-state index >= 15 is 0 Å². The van der Waals surface area contributed by atoms with Crippen LogP contribution in [0.1, 0.15) is 71.0 Å². The molecule has 0 amide bonds. The average molecular weight is 377 g/mol. The van der Waals surface area contributed by atoms with Crippen LogP contribution in [0, 0.1) is 0 Å². The smallest absolute Gasteiger partial charge is 0.159 e. The molecule has 2 aromatic rings. The first kappa shape index (κ1) is 29.5. The lowest BCUT2D eigenvalue weighted by molar-refractivity contribution is -0.115. The van der Waals surface area contributed by atoms with Gasteiger partial charge in [0.05, 0.1) is 6.10 Å². The lowest BCUT2D eigenvalue weighted by atomic mass is 10.1. The summed E-state index contributed by atoms with van der Waals surface area (Å²) in [5.41, 5.74) is 1.75. The Labute approximate surface area is 164 Å². The first-order chi connectivity index (χ1) is 12.1. The van der Waals surface area contributed by atoms with Gasteiger partial charge in [0.15, 0.2) is 5.78 Å². The van der Waals surface area contributed by atoms with E-state index in [1.54, 1.807) is 27.7 Å². The summed E-state index contributed by atoms with van der Waals surface area (Å²) in [4.78, 5) is 20.1. The molecular formula is C23H36O4. The Morgan fingerprint density at radius 1 is 0.741 bits per heavy atom. The van der Waals surface area contributed by atoms with Crippen molar-refractivity contribution in [3.8, 4) is 0 Å². The molecule has 2 rings (SSSR count). The molecular weight excluding hydrogens is 340 g/mol. The summed E-state index contributed by atoms with van der Waals surface area (Å²) in [7, 11) is 0. The Bertz CT molecular complexity index is 584. The molecule has 4 heteroatoms. The summed E-state index contributed by atoms with van der Waals surface area (Å²) in [6.45, 7) is 9.82. The Balaban J connectivity index is -0.000000303. The van der Waals surface area contributed by atoms with E-state index in [-0.39, 0.29) is 31.2 Å². The second-order valence-electron chi connectivity index (χ2n) is 6.01. The quantitative estimate of drug-likeness (QED) is 0.702. The largest absolute Gasteiger partial charge is 0.394 e. The van der Waals surface area contributed by atoms with Gasteiger partial charge in [-0.15, -0.1) is 0 Å². The summed E-state index contributed by atoms with van der Waals surface area (Å²) < 4.78 is 0. The first-order valence-corrected chi connectivity index (χ1v) is 8.52. The molecule has 0 radical (unpaired) electrons. The molecule has 1 atom stereocenters. The lowest BCUT2D eigenvalue weighted by Crippen LogP contribution is -1.88. The number of benzene rings is 2. The monoisotopic (exact) mass is 376 g/mol. The Morgan fingerprint density at radius 2 is 1.04 bits per heavy atom. The van der Waals surface area contributed by atoms with Gasteiger partial charge in [0.1, 0.15) is 5.78 Å². The van der Waals surface area contributed by atoms with E-state index in [1.165, 1.54) is 13.8 Å². The van der Waals surface area contributed by atoms with Gasteiger partial charge in [0.25, 0.3) is 0 Å². The molecule has 152 valence electrons. The third kappa shape index (κ3) is 23.7. The standard InChI is InChI=1S/C8H10O.C8H8O.C3H8O.C3H6O.CH4/c2*1-7(9)8-5-3-2-4-6-8;2*1-3(2)4;/h2-7,9H,1H3;2-6H,1H3;3-4H,1-2H3;1-2H3;1H4. The zero-order valence-corrected chi connectivity index (χ0v) is 16.6. The zero-order chi connectivity index (χ0) is 20.5. The van der Waals surface area contributed by atoms with Crippen molar-refractivity contribution >= 4 is 11.6 Å². The summed E-state index contributed by atoms with van der Waals surface area (Å²) >= 11 is 0. The molecule has 0 bridgehead atoms. The number of rotatable bonds is 2. The number of Topliss-reactive ketones (excluding diaryl/α,β-unsaturated/α-hetero) is 2. The van der Waals surface area contributed by atoms with Crippen LogP contribution in [0.4, 0.5) is 0 Å². The van der Waals surface area contributed by atoms with Crippen molar-refractivity contribution < 1.29 is 19.8 Å². The van der Waals surface area contributed by atoms with Crippen molar-refractivity contribution in [2.45, 2.75) is 61.2 Å². The minimum Gasteiger partial charge on any atom is -0.394 e. The minimum atomic E-state index is -0.341. The molecule has 0 fully saturated rings. The molecule has 0 aliphatic heterocycles. The number of carbonyl (C=O) groups is 2. The van der Waals surface area contributed by atoms with E-state index in [2.05, 4.69) is 0 Å². The lowest BCUT2D eigenvalue weighted by Gasteiger charge is -2.00. The van der Waals surface area contributed by atoms with Crippen LogP contribution in [-0.2, 0) is 4.79 Å². The van der Waals surface area contributed by atoms with Crippen LogP contribution in [-0.4, -0.2) is 27.9 Å². The SMILES string of the molecule is C.CC(=O)c1ccccc1.CC(C)=O.CC(C)O.CC(O)c1ccccc1. The topological polar surface area (TPSA) is 74.6 Å². The third-order valence-corrected chi connectivity index (χ3v) is 2.46. The van der Waals surface area contributed by atoms with Gasteiger partial charge in [-0.05, 0) is 47.1 Å². The van der Waals surface area contributed by atoms with Gasteiger partial charge < -0.3 is 15.0 Å². The van der Waals surface area contributed by atoms with Gasteiger partial charge in [-0.3, -0.25) is 4.79 Å². The fraction of sp³-hybridized carbons (Fsp3) is 0.391. The second kappa shape index (κ2) is 18.5. The molecule has 0 aliphatic carbocycles. The van der Waals surface area contributed by atoms with E-state index in [4.69, 9.17) is 10.2 Å². The highest BCUT2D eigenvalue weighted by atomic mass is 16.3. The Morgan fingerprint density at radius 3 is 1.22 bits per heavy atom. The summed E-state index contributed by atoms with van der Waals surface area (Å²) in [5.74, 6) is 0.288. The average Bonchev–Trinajstić information content (AvgIpc) is 2.56. The van der Waals surface area contributed by atoms with Crippen molar-refractivity contribution in [3.63, 3.8) is 0 Å². The Kier molecular flexibility index (Phi) is 20.2.